The summed E-state index contributed by atoms with van der Waals surface area (Å²) in [5.74, 6) is -0.380. The number of benzene rings is 1. The Bertz CT molecular complexity index is 920. The number of carbonyl (C=O) groups is 1. The summed E-state index contributed by atoms with van der Waals surface area (Å²) in [7, 11) is 4.02. The van der Waals surface area contributed by atoms with Gasteiger partial charge in [-0.15, -0.1) is 5.06 Å². The molecule has 2 aliphatic rings. The van der Waals surface area contributed by atoms with E-state index in [0.717, 1.165) is 64.7 Å². The van der Waals surface area contributed by atoms with Crippen LogP contribution in [0.1, 0.15) is 24.8 Å². The second-order valence-corrected chi connectivity index (χ2v) is 8.72. The van der Waals surface area contributed by atoms with Gasteiger partial charge >= 0.3 is 0 Å². The molecule has 1 aromatic rings. The highest BCUT2D eigenvalue weighted by Crippen LogP contribution is 2.38. The third-order valence-electron chi connectivity index (χ3n) is 4.46. The van der Waals surface area contributed by atoms with Crippen LogP contribution in [0, 0.1) is 0 Å². The predicted octanol–water partition coefficient (Wildman–Crippen LogP) is 5.56. The summed E-state index contributed by atoms with van der Waals surface area (Å²) in [6.45, 7) is 3.37. The molecule has 1 aromatic carbocycles. The number of nitrogens with zero attached hydrogens (tertiary/aromatic N) is 2. The minimum Gasteiger partial charge on any atom is -0.378 e. The molecule has 29 heavy (non-hydrogen) atoms. The summed E-state index contributed by atoms with van der Waals surface area (Å²) in [4.78, 5) is 24.5. The summed E-state index contributed by atoms with van der Waals surface area (Å²) in [5.41, 5.74) is 4.21. The molecule has 152 valence electrons. The van der Waals surface area contributed by atoms with Crippen molar-refractivity contribution in [3.63, 3.8) is 0 Å². The molecule has 1 amide bonds. The molecule has 1 aliphatic carbocycles. The van der Waals surface area contributed by atoms with Gasteiger partial charge in [0.1, 0.15) is 6.26 Å². The normalized spacial score (nSPS) is 20.0. The number of rotatable bonds is 6. The maximum Gasteiger partial charge on any atom is 0.293 e. The highest BCUT2D eigenvalue weighted by Gasteiger charge is 2.35. The molecule has 8 heteroatoms. The maximum absolute atomic E-state index is 12.5. The Labute approximate surface area is 185 Å². The monoisotopic (exact) mass is 448 g/mol. The van der Waals surface area contributed by atoms with Crippen molar-refractivity contribution in [1.82, 2.24) is 5.06 Å². The fraction of sp³-hybridized carbons (Fsp3) is 0.238. The van der Waals surface area contributed by atoms with Crippen molar-refractivity contribution in [3.05, 3.63) is 69.8 Å². The minimum atomic E-state index is -0.380. The number of allylic oxidation sites excluding steroid dienone is 4. The summed E-state index contributed by atoms with van der Waals surface area (Å²) >= 11 is 13.0. The zero-order valence-electron chi connectivity index (χ0n) is 16.2. The van der Waals surface area contributed by atoms with Crippen LogP contribution in [0.2, 0.25) is 0 Å². The molecular formula is C21H21ClN2O3S2. The van der Waals surface area contributed by atoms with Crippen LogP contribution in [0.15, 0.2) is 64.3 Å². The Balaban J connectivity index is 1.84. The lowest BCUT2D eigenvalue weighted by Gasteiger charge is -2.18. The Hall–Kier alpha value is -2.06. The lowest BCUT2D eigenvalue weighted by atomic mass is 9.93. The SMILES string of the molecule is C=COON1C(=O)/C(=C\C2=C(Cl)C(=C/c3ccc(N(C)C)cc3)/CCC2)SC1=S. The average Bonchev–Trinajstić information content (AvgIpc) is 2.96. The van der Waals surface area contributed by atoms with Crippen LogP contribution in [0.3, 0.4) is 0 Å². The fourth-order valence-electron chi connectivity index (χ4n) is 2.99. The second kappa shape index (κ2) is 9.63. The number of hydroxylamine groups is 2. The molecule has 1 saturated heterocycles. The first kappa shape index (κ1) is 21.6. The van der Waals surface area contributed by atoms with Crippen LogP contribution >= 0.6 is 35.6 Å². The third kappa shape index (κ3) is 5.11. The Morgan fingerprint density at radius 3 is 2.62 bits per heavy atom. The topological polar surface area (TPSA) is 42.0 Å². The smallest absolute Gasteiger partial charge is 0.293 e. The molecule has 3 rings (SSSR count). The van der Waals surface area contributed by atoms with Crippen LogP contribution in [-0.2, 0) is 14.7 Å². The van der Waals surface area contributed by atoms with Crippen LogP contribution in [0.5, 0.6) is 0 Å². The molecule has 0 unspecified atom stereocenters. The van der Waals surface area contributed by atoms with Crippen LogP contribution in [0.25, 0.3) is 6.08 Å². The van der Waals surface area contributed by atoms with Gasteiger partial charge in [-0.3, -0.25) is 4.79 Å². The lowest BCUT2D eigenvalue weighted by Crippen LogP contribution is -2.27. The Morgan fingerprint density at radius 2 is 1.97 bits per heavy atom. The van der Waals surface area contributed by atoms with E-state index in [0.29, 0.717) is 9.94 Å². The number of anilines is 1. The van der Waals surface area contributed by atoms with E-state index in [9.17, 15) is 4.79 Å². The van der Waals surface area contributed by atoms with Crippen LogP contribution in [-0.4, -0.2) is 29.4 Å². The van der Waals surface area contributed by atoms with E-state index in [2.05, 4.69) is 46.7 Å². The molecule has 0 spiro atoms. The first-order chi connectivity index (χ1) is 13.9. The molecule has 0 bridgehead atoms. The third-order valence-corrected chi connectivity index (χ3v) is 6.21. The maximum atomic E-state index is 12.5. The van der Waals surface area contributed by atoms with Gasteiger partial charge < -0.3 is 9.79 Å². The number of hydrogen-bond donors (Lipinski definition) is 0. The molecule has 0 radical (unpaired) electrons. The van der Waals surface area contributed by atoms with Crippen LogP contribution < -0.4 is 4.90 Å². The van der Waals surface area contributed by atoms with Gasteiger partial charge in [-0.25, -0.2) is 0 Å². The minimum absolute atomic E-state index is 0.257. The lowest BCUT2D eigenvalue weighted by molar-refractivity contribution is -0.350. The van der Waals surface area contributed by atoms with Gasteiger partial charge in [0.15, 0.2) is 4.32 Å². The van der Waals surface area contributed by atoms with Crippen molar-refractivity contribution in [3.8, 4) is 0 Å². The average molecular weight is 449 g/mol. The van der Waals surface area contributed by atoms with Crippen molar-refractivity contribution in [2.45, 2.75) is 19.3 Å². The van der Waals surface area contributed by atoms with Crippen molar-refractivity contribution >= 4 is 57.6 Å². The molecular weight excluding hydrogens is 428 g/mol. The summed E-state index contributed by atoms with van der Waals surface area (Å²) in [5, 5.41) is 1.61. The van der Waals surface area contributed by atoms with Gasteiger partial charge in [-0.2, -0.15) is 0 Å². The first-order valence-electron chi connectivity index (χ1n) is 9.00. The summed E-state index contributed by atoms with van der Waals surface area (Å²) in [6, 6.07) is 8.29. The number of amides is 1. The largest absolute Gasteiger partial charge is 0.378 e. The van der Waals surface area contributed by atoms with E-state index >= 15 is 0 Å². The highest BCUT2D eigenvalue weighted by atomic mass is 35.5. The number of thioether (sulfide) groups is 1. The van der Waals surface area contributed by atoms with E-state index in [-0.39, 0.29) is 10.2 Å². The molecule has 0 aromatic heterocycles. The molecule has 1 aliphatic heterocycles. The van der Waals surface area contributed by atoms with Crippen molar-refractivity contribution in [2.24, 2.45) is 0 Å². The van der Waals surface area contributed by atoms with E-state index in [1.54, 1.807) is 6.08 Å². The molecule has 0 N–H and O–H groups in total. The van der Waals surface area contributed by atoms with Gasteiger partial charge in [0.25, 0.3) is 5.91 Å². The number of hydrogen-bond acceptors (Lipinski definition) is 6. The molecule has 0 atom stereocenters. The fourth-order valence-corrected chi connectivity index (χ4v) is 4.42. The van der Waals surface area contributed by atoms with Gasteiger partial charge in [0.05, 0.1) is 4.91 Å². The number of thiocarbonyl (C=S) groups is 1. The van der Waals surface area contributed by atoms with Crippen molar-refractivity contribution in [2.75, 3.05) is 19.0 Å². The van der Waals surface area contributed by atoms with E-state index in [1.165, 1.54) is 0 Å². The molecule has 5 nitrogen and oxygen atoms in total. The molecule has 1 heterocycles. The zero-order chi connectivity index (χ0) is 21.0. The first-order valence-corrected chi connectivity index (χ1v) is 10.6. The molecule has 1 fully saturated rings. The number of halogens is 1. The van der Waals surface area contributed by atoms with E-state index < -0.39 is 0 Å². The van der Waals surface area contributed by atoms with Crippen molar-refractivity contribution in [1.29, 1.82) is 0 Å². The van der Waals surface area contributed by atoms with E-state index in [1.807, 2.05) is 14.1 Å². The van der Waals surface area contributed by atoms with Gasteiger partial charge in [0, 0.05) is 24.8 Å². The van der Waals surface area contributed by atoms with Gasteiger partial charge in [0.2, 0.25) is 0 Å². The molecule has 0 saturated carbocycles. The summed E-state index contributed by atoms with van der Waals surface area (Å²) in [6.07, 6.45) is 7.61. The quantitative estimate of drug-likeness (QED) is 0.186. The highest BCUT2D eigenvalue weighted by molar-refractivity contribution is 8.26. The van der Waals surface area contributed by atoms with Gasteiger partial charge in [-0.05, 0) is 66.4 Å². The Morgan fingerprint density at radius 1 is 1.24 bits per heavy atom. The predicted molar refractivity (Wildman–Crippen MR) is 123 cm³/mol. The summed E-state index contributed by atoms with van der Waals surface area (Å²) < 4.78 is 0.257. The van der Waals surface area contributed by atoms with Gasteiger partial charge in [-0.1, -0.05) is 53.1 Å². The van der Waals surface area contributed by atoms with Crippen molar-refractivity contribution < 1.29 is 14.7 Å². The Kier molecular flexibility index (Phi) is 7.18. The standard InChI is InChI=1S/C21H21ClN2O3S2/c1-4-26-27-24-20(25)18(29-21(24)28)13-16-7-5-6-15(19(16)22)12-14-8-10-17(11-9-14)23(2)3/h4,8-13H,1,5-7H2,2-3H3/b15-12+,18-13+. The zero-order valence-corrected chi connectivity index (χ0v) is 18.6. The van der Waals surface area contributed by atoms with Crippen LogP contribution in [0.4, 0.5) is 5.69 Å². The second-order valence-electron chi connectivity index (χ2n) is 6.66. The number of carbonyl (C=O) groups excluding carboxylic acids is 1. The van der Waals surface area contributed by atoms with E-state index in [4.69, 9.17) is 28.8 Å².